The van der Waals surface area contributed by atoms with E-state index in [9.17, 15) is 14.4 Å². The minimum absolute atomic E-state index is 0.146. The van der Waals surface area contributed by atoms with Gasteiger partial charge in [-0.2, -0.15) is 0 Å². The first-order valence-electron chi connectivity index (χ1n) is 8.19. The predicted molar refractivity (Wildman–Crippen MR) is 89.5 cm³/mol. The molecule has 2 saturated heterocycles. The summed E-state index contributed by atoms with van der Waals surface area (Å²) in [6, 6.07) is 4.76. The van der Waals surface area contributed by atoms with Gasteiger partial charge in [0.2, 0.25) is 11.8 Å². The number of carbonyl (C=O) groups excluding carboxylic acids is 3. The lowest BCUT2D eigenvalue weighted by Crippen LogP contribution is -2.39. The number of amides is 2. The van der Waals surface area contributed by atoms with Crippen molar-refractivity contribution >= 4 is 23.3 Å². The van der Waals surface area contributed by atoms with Gasteiger partial charge in [-0.3, -0.25) is 14.4 Å². The van der Waals surface area contributed by atoms with Crippen molar-refractivity contribution < 1.29 is 23.9 Å². The van der Waals surface area contributed by atoms with Crippen molar-refractivity contribution in [3.8, 4) is 5.75 Å². The van der Waals surface area contributed by atoms with Gasteiger partial charge >= 0.3 is 0 Å². The molecular formula is C19H19NO5. The van der Waals surface area contributed by atoms with Crippen molar-refractivity contribution in [1.29, 1.82) is 0 Å². The van der Waals surface area contributed by atoms with Crippen molar-refractivity contribution in [1.82, 2.24) is 0 Å². The number of methoxy groups -OCH3 is 1. The van der Waals surface area contributed by atoms with Gasteiger partial charge in [0, 0.05) is 5.56 Å². The Kier molecular flexibility index (Phi) is 3.07. The zero-order chi connectivity index (χ0) is 18.1. The van der Waals surface area contributed by atoms with Crippen molar-refractivity contribution in [2.45, 2.75) is 32.0 Å². The number of benzene rings is 1. The molecule has 0 saturated carbocycles. The van der Waals surface area contributed by atoms with E-state index in [0.717, 1.165) is 4.90 Å². The summed E-state index contributed by atoms with van der Waals surface area (Å²) in [4.78, 5) is 39.2. The minimum Gasteiger partial charge on any atom is -0.495 e. The summed E-state index contributed by atoms with van der Waals surface area (Å²) in [5, 5.41) is 0. The molecule has 1 aromatic rings. The summed E-state index contributed by atoms with van der Waals surface area (Å²) in [6.45, 7) is 5.10. The number of ketones is 1. The smallest absolute Gasteiger partial charge is 0.241 e. The predicted octanol–water partition coefficient (Wildman–Crippen LogP) is 2.12. The van der Waals surface area contributed by atoms with Gasteiger partial charge in [0.25, 0.3) is 0 Å². The summed E-state index contributed by atoms with van der Waals surface area (Å²) < 4.78 is 11.3. The Hall–Kier alpha value is -2.47. The monoisotopic (exact) mass is 341 g/mol. The van der Waals surface area contributed by atoms with Crippen LogP contribution in [0.4, 0.5) is 5.69 Å². The number of hydrogen-bond acceptors (Lipinski definition) is 5. The molecule has 2 amide bonds. The summed E-state index contributed by atoms with van der Waals surface area (Å²) in [7, 11) is 1.47. The second-order valence-electron chi connectivity index (χ2n) is 7.21. The molecule has 0 unspecified atom stereocenters. The number of imide groups is 1. The Morgan fingerprint density at radius 3 is 2.16 bits per heavy atom. The van der Waals surface area contributed by atoms with Crippen molar-refractivity contribution in [3.63, 3.8) is 0 Å². The summed E-state index contributed by atoms with van der Waals surface area (Å²) in [5.74, 6) is -1.54. The summed E-state index contributed by atoms with van der Waals surface area (Å²) in [5.41, 5.74) is -0.840. The molecule has 0 spiro atoms. The fourth-order valence-corrected chi connectivity index (χ4v) is 4.35. The molecule has 6 heteroatoms. The second-order valence-corrected chi connectivity index (χ2v) is 7.21. The van der Waals surface area contributed by atoms with Gasteiger partial charge in [-0.1, -0.05) is 12.2 Å². The van der Waals surface area contributed by atoms with Crippen molar-refractivity contribution in [2.75, 3.05) is 12.0 Å². The van der Waals surface area contributed by atoms with Crippen LogP contribution < -0.4 is 9.64 Å². The van der Waals surface area contributed by atoms with Gasteiger partial charge in [0.1, 0.15) is 5.75 Å². The minimum atomic E-state index is -0.785. The molecule has 3 aliphatic rings. The standard InChI is InChI=1S/C19H19NO5/c1-10(21)11-5-6-13(24-4)12(9-11)20-16(22)14-15(17(20)23)19(3)8-7-18(14,2)25-19/h5-9,14-15H,1-4H3/t14-,15+,18-,19-/m0/s1. The van der Waals surface area contributed by atoms with E-state index in [1.807, 2.05) is 26.0 Å². The Bertz CT molecular complexity index is 823. The largest absolute Gasteiger partial charge is 0.495 e. The van der Waals surface area contributed by atoms with Crippen LogP contribution in [0.25, 0.3) is 0 Å². The van der Waals surface area contributed by atoms with Crippen LogP contribution in [0, 0.1) is 11.8 Å². The molecule has 1 aromatic carbocycles. The maximum atomic E-state index is 13.1. The molecule has 4 rings (SSSR count). The second kappa shape index (κ2) is 4.79. The van der Waals surface area contributed by atoms with Gasteiger partial charge in [0.05, 0.1) is 35.8 Å². The highest BCUT2D eigenvalue weighted by atomic mass is 16.5. The molecule has 0 aliphatic carbocycles. The lowest BCUT2D eigenvalue weighted by Gasteiger charge is -2.26. The third-order valence-corrected chi connectivity index (χ3v) is 5.55. The van der Waals surface area contributed by atoms with Crippen LogP contribution in [0.1, 0.15) is 31.1 Å². The zero-order valence-corrected chi connectivity index (χ0v) is 14.5. The summed E-state index contributed by atoms with van der Waals surface area (Å²) in [6.07, 6.45) is 3.73. The van der Waals surface area contributed by atoms with Gasteiger partial charge in [0.15, 0.2) is 5.78 Å². The number of Topliss-reactive ketones (excluding diaryl/α,β-unsaturated/α-hetero) is 1. The lowest BCUT2D eigenvalue weighted by atomic mass is 9.73. The Labute approximate surface area is 145 Å². The SMILES string of the molecule is COc1ccc(C(C)=O)cc1N1C(=O)[C@@H]2[C@H](C1=O)[C@]1(C)C=C[C@]2(C)O1. The third-order valence-electron chi connectivity index (χ3n) is 5.55. The third kappa shape index (κ3) is 1.91. The fraction of sp³-hybridized carbons (Fsp3) is 0.421. The average Bonchev–Trinajstić information content (AvgIpc) is 3.11. The van der Waals surface area contributed by atoms with Gasteiger partial charge in [-0.15, -0.1) is 0 Å². The maximum absolute atomic E-state index is 13.1. The quantitative estimate of drug-likeness (QED) is 0.478. The Morgan fingerprint density at radius 2 is 1.68 bits per heavy atom. The molecule has 3 heterocycles. The van der Waals surface area contributed by atoms with Crippen LogP contribution >= 0.6 is 0 Å². The first-order valence-corrected chi connectivity index (χ1v) is 8.19. The highest BCUT2D eigenvalue weighted by Gasteiger charge is 2.70. The molecule has 130 valence electrons. The highest BCUT2D eigenvalue weighted by Crippen LogP contribution is 2.58. The van der Waals surface area contributed by atoms with Crippen LogP contribution in [0.15, 0.2) is 30.4 Å². The normalized spacial score (nSPS) is 35.4. The van der Waals surface area contributed by atoms with Crippen LogP contribution in [-0.2, 0) is 14.3 Å². The zero-order valence-electron chi connectivity index (χ0n) is 14.5. The average molecular weight is 341 g/mol. The number of rotatable bonds is 3. The van der Waals surface area contributed by atoms with Crippen LogP contribution in [-0.4, -0.2) is 35.9 Å². The van der Waals surface area contributed by atoms with Crippen LogP contribution in [0.3, 0.4) is 0 Å². The number of fused-ring (bicyclic) bond motifs is 5. The van der Waals surface area contributed by atoms with E-state index >= 15 is 0 Å². The van der Waals surface area contributed by atoms with Crippen molar-refractivity contribution in [2.24, 2.45) is 11.8 Å². The fourth-order valence-electron chi connectivity index (χ4n) is 4.35. The van der Waals surface area contributed by atoms with E-state index in [1.165, 1.54) is 14.0 Å². The summed E-state index contributed by atoms with van der Waals surface area (Å²) >= 11 is 0. The molecule has 0 radical (unpaired) electrons. The number of nitrogens with zero attached hydrogens (tertiary/aromatic N) is 1. The molecule has 2 bridgehead atoms. The first kappa shape index (κ1) is 16.0. The number of anilines is 1. The van der Waals surface area contributed by atoms with E-state index in [0.29, 0.717) is 17.0 Å². The van der Waals surface area contributed by atoms with E-state index in [1.54, 1.807) is 18.2 Å². The first-order chi connectivity index (χ1) is 11.7. The Morgan fingerprint density at radius 1 is 1.12 bits per heavy atom. The van der Waals surface area contributed by atoms with Crippen LogP contribution in [0.5, 0.6) is 5.75 Å². The molecule has 3 aliphatic heterocycles. The van der Waals surface area contributed by atoms with Gasteiger partial charge in [-0.25, -0.2) is 4.90 Å². The molecule has 0 aromatic heterocycles. The molecular weight excluding hydrogens is 322 g/mol. The van der Waals surface area contributed by atoms with Crippen LogP contribution in [0.2, 0.25) is 0 Å². The molecule has 2 fully saturated rings. The van der Waals surface area contributed by atoms with E-state index in [4.69, 9.17) is 9.47 Å². The van der Waals surface area contributed by atoms with E-state index in [2.05, 4.69) is 0 Å². The lowest BCUT2D eigenvalue weighted by molar-refractivity contribution is -0.128. The number of ether oxygens (including phenoxy) is 2. The van der Waals surface area contributed by atoms with E-state index in [-0.39, 0.29) is 17.6 Å². The molecule has 6 nitrogen and oxygen atoms in total. The molecule has 0 N–H and O–H groups in total. The topological polar surface area (TPSA) is 72.9 Å². The van der Waals surface area contributed by atoms with Gasteiger partial charge in [-0.05, 0) is 39.0 Å². The van der Waals surface area contributed by atoms with Gasteiger partial charge < -0.3 is 9.47 Å². The van der Waals surface area contributed by atoms with Crippen molar-refractivity contribution in [3.05, 3.63) is 35.9 Å². The number of carbonyl (C=O) groups is 3. The number of hydrogen-bond donors (Lipinski definition) is 0. The molecule has 4 atom stereocenters. The molecule has 25 heavy (non-hydrogen) atoms. The van der Waals surface area contributed by atoms with E-state index < -0.39 is 23.0 Å². The maximum Gasteiger partial charge on any atom is 0.241 e. The Balaban J connectivity index is 1.84. The highest BCUT2D eigenvalue weighted by molar-refractivity contribution is 6.24.